The van der Waals surface area contributed by atoms with Crippen LogP contribution in [0.25, 0.3) is 0 Å². The van der Waals surface area contributed by atoms with Gasteiger partial charge >= 0.3 is 0 Å². The largest absolute Gasteiger partial charge is 0.505 e. The SMILES string of the molecule is CS(=O)(=O)Cc1ccc(F)c(O)c1. The van der Waals surface area contributed by atoms with Crippen molar-refractivity contribution < 1.29 is 17.9 Å². The van der Waals surface area contributed by atoms with E-state index in [9.17, 15) is 12.8 Å². The predicted octanol–water partition coefficient (Wildman–Crippen LogP) is 1.08. The molecule has 0 amide bonds. The Kier molecular flexibility index (Phi) is 2.56. The lowest BCUT2D eigenvalue weighted by Crippen LogP contribution is -2.00. The Morgan fingerprint density at radius 1 is 1.46 bits per heavy atom. The first kappa shape index (κ1) is 9.98. The van der Waals surface area contributed by atoms with Gasteiger partial charge < -0.3 is 5.11 Å². The van der Waals surface area contributed by atoms with Gasteiger partial charge in [0.25, 0.3) is 0 Å². The second-order valence-electron chi connectivity index (χ2n) is 2.86. The van der Waals surface area contributed by atoms with E-state index in [1.54, 1.807) is 0 Å². The smallest absolute Gasteiger partial charge is 0.164 e. The van der Waals surface area contributed by atoms with Crippen LogP contribution in [-0.4, -0.2) is 19.8 Å². The zero-order valence-corrected chi connectivity index (χ0v) is 7.81. The van der Waals surface area contributed by atoms with Crippen molar-refractivity contribution in [3.63, 3.8) is 0 Å². The van der Waals surface area contributed by atoms with Crippen LogP contribution in [0.1, 0.15) is 5.56 Å². The van der Waals surface area contributed by atoms with E-state index in [2.05, 4.69) is 0 Å². The summed E-state index contributed by atoms with van der Waals surface area (Å²) in [5, 5.41) is 8.93. The van der Waals surface area contributed by atoms with Crippen molar-refractivity contribution in [2.75, 3.05) is 6.26 Å². The van der Waals surface area contributed by atoms with Gasteiger partial charge in [0, 0.05) is 6.26 Å². The molecule has 0 bridgehead atoms. The first-order chi connectivity index (χ1) is 5.88. The molecule has 1 aromatic carbocycles. The summed E-state index contributed by atoms with van der Waals surface area (Å²) in [6.45, 7) is 0. The van der Waals surface area contributed by atoms with Crippen molar-refractivity contribution in [1.82, 2.24) is 0 Å². The molecule has 0 atom stereocenters. The molecule has 3 nitrogen and oxygen atoms in total. The third-order valence-electron chi connectivity index (χ3n) is 1.44. The fraction of sp³-hybridized carbons (Fsp3) is 0.250. The first-order valence-corrected chi connectivity index (χ1v) is 5.59. The summed E-state index contributed by atoms with van der Waals surface area (Å²) >= 11 is 0. The predicted molar refractivity (Wildman–Crippen MR) is 46.6 cm³/mol. The maximum absolute atomic E-state index is 12.5. The van der Waals surface area contributed by atoms with E-state index in [0.717, 1.165) is 18.4 Å². The first-order valence-electron chi connectivity index (χ1n) is 3.53. The van der Waals surface area contributed by atoms with Gasteiger partial charge in [-0.3, -0.25) is 0 Å². The van der Waals surface area contributed by atoms with Gasteiger partial charge in [-0.25, -0.2) is 12.8 Å². The third kappa shape index (κ3) is 3.02. The van der Waals surface area contributed by atoms with Gasteiger partial charge in [-0.1, -0.05) is 6.07 Å². The lowest BCUT2D eigenvalue weighted by Gasteiger charge is -2.00. The Morgan fingerprint density at radius 3 is 2.54 bits per heavy atom. The van der Waals surface area contributed by atoms with Crippen LogP contribution in [0.2, 0.25) is 0 Å². The molecule has 13 heavy (non-hydrogen) atoms. The highest BCUT2D eigenvalue weighted by Gasteiger charge is 2.07. The van der Waals surface area contributed by atoms with Crippen LogP contribution >= 0.6 is 0 Å². The Bertz CT molecular complexity index is 411. The van der Waals surface area contributed by atoms with Crippen LogP contribution in [0.15, 0.2) is 18.2 Å². The van der Waals surface area contributed by atoms with Crippen LogP contribution in [-0.2, 0) is 15.6 Å². The molecule has 0 aromatic heterocycles. The van der Waals surface area contributed by atoms with Gasteiger partial charge in [0.05, 0.1) is 5.75 Å². The van der Waals surface area contributed by atoms with Gasteiger partial charge in [0.2, 0.25) is 0 Å². The molecule has 0 spiro atoms. The highest BCUT2D eigenvalue weighted by atomic mass is 32.2. The van der Waals surface area contributed by atoms with E-state index < -0.39 is 21.4 Å². The van der Waals surface area contributed by atoms with Crippen LogP contribution in [0.3, 0.4) is 0 Å². The molecule has 0 saturated heterocycles. The number of rotatable bonds is 2. The van der Waals surface area contributed by atoms with Crippen molar-refractivity contribution >= 4 is 9.84 Å². The van der Waals surface area contributed by atoms with Gasteiger partial charge in [-0.2, -0.15) is 0 Å². The maximum atomic E-state index is 12.5. The minimum absolute atomic E-state index is 0.194. The maximum Gasteiger partial charge on any atom is 0.164 e. The van der Waals surface area contributed by atoms with E-state index in [-0.39, 0.29) is 5.75 Å². The van der Waals surface area contributed by atoms with Crippen LogP contribution in [0, 0.1) is 5.82 Å². The van der Waals surface area contributed by atoms with Crippen molar-refractivity contribution in [1.29, 1.82) is 0 Å². The van der Waals surface area contributed by atoms with Gasteiger partial charge in [0.1, 0.15) is 0 Å². The summed E-state index contributed by atoms with van der Waals surface area (Å²) in [5.41, 5.74) is 0.376. The monoisotopic (exact) mass is 204 g/mol. The Labute approximate surface area is 75.7 Å². The standard InChI is InChI=1S/C8H9FO3S/c1-13(11,12)5-6-2-3-7(9)8(10)4-6/h2-4,10H,5H2,1H3. The molecule has 5 heteroatoms. The summed E-state index contributed by atoms with van der Waals surface area (Å²) < 4.78 is 34.2. The molecule has 72 valence electrons. The molecule has 1 N–H and O–H groups in total. The number of phenolic OH excluding ortho intramolecular Hbond substituents is 1. The number of hydrogen-bond donors (Lipinski definition) is 1. The fourth-order valence-electron chi connectivity index (χ4n) is 0.951. The normalized spacial score (nSPS) is 11.5. The van der Waals surface area contributed by atoms with E-state index in [1.807, 2.05) is 0 Å². The molecule has 0 aliphatic heterocycles. The van der Waals surface area contributed by atoms with Crippen molar-refractivity contribution in [2.45, 2.75) is 5.75 Å². The number of hydrogen-bond acceptors (Lipinski definition) is 3. The molecular weight excluding hydrogens is 195 g/mol. The fourth-order valence-corrected chi connectivity index (χ4v) is 1.74. The molecule has 0 aliphatic carbocycles. The second-order valence-corrected chi connectivity index (χ2v) is 5.00. The molecule has 0 heterocycles. The summed E-state index contributed by atoms with van der Waals surface area (Å²) in [5.74, 6) is -1.47. The van der Waals surface area contributed by atoms with E-state index in [0.29, 0.717) is 5.56 Å². The second kappa shape index (κ2) is 3.33. The summed E-state index contributed by atoms with van der Waals surface area (Å²) in [7, 11) is -3.14. The Hall–Kier alpha value is -1.10. The number of sulfone groups is 1. The van der Waals surface area contributed by atoms with Gasteiger partial charge in [-0.05, 0) is 17.7 Å². The number of aromatic hydroxyl groups is 1. The molecule has 1 aromatic rings. The number of phenols is 1. The molecule has 0 saturated carbocycles. The van der Waals surface area contributed by atoms with Crippen molar-refractivity contribution in [3.05, 3.63) is 29.6 Å². The third-order valence-corrected chi connectivity index (χ3v) is 2.30. The van der Waals surface area contributed by atoms with Crippen LogP contribution < -0.4 is 0 Å². The minimum Gasteiger partial charge on any atom is -0.505 e. The molecule has 0 unspecified atom stereocenters. The molecule has 0 fully saturated rings. The number of halogens is 1. The quantitative estimate of drug-likeness (QED) is 0.784. The number of benzene rings is 1. The molecule has 0 aliphatic rings. The highest BCUT2D eigenvalue weighted by molar-refractivity contribution is 7.89. The molecular formula is C8H9FO3S. The summed E-state index contributed by atoms with van der Waals surface area (Å²) in [4.78, 5) is 0. The molecule has 0 radical (unpaired) electrons. The average Bonchev–Trinajstić information content (AvgIpc) is 1.94. The van der Waals surface area contributed by atoms with Crippen molar-refractivity contribution in [3.8, 4) is 5.75 Å². The van der Waals surface area contributed by atoms with Crippen molar-refractivity contribution in [2.24, 2.45) is 0 Å². The lowest BCUT2D eigenvalue weighted by atomic mass is 10.2. The van der Waals surface area contributed by atoms with E-state index in [4.69, 9.17) is 5.11 Å². The van der Waals surface area contributed by atoms with Crippen LogP contribution in [0.5, 0.6) is 5.75 Å². The molecule has 1 rings (SSSR count). The zero-order chi connectivity index (χ0) is 10.1. The average molecular weight is 204 g/mol. The summed E-state index contributed by atoms with van der Waals surface area (Å²) in [6.07, 6.45) is 1.08. The Balaban J connectivity index is 2.99. The van der Waals surface area contributed by atoms with E-state index >= 15 is 0 Å². The lowest BCUT2D eigenvalue weighted by molar-refractivity contribution is 0.432. The zero-order valence-electron chi connectivity index (χ0n) is 6.99. The summed E-state index contributed by atoms with van der Waals surface area (Å²) in [6, 6.07) is 3.47. The Morgan fingerprint density at radius 2 is 2.08 bits per heavy atom. The van der Waals surface area contributed by atoms with Crippen LogP contribution in [0.4, 0.5) is 4.39 Å². The minimum atomic E-state index is -3.14. The van der Waals surface area contributed by atoms with E-state index in [1.165, 1.54) is 6.07 Å². The topological polar surface area (TPSA) is 54.4 Å². The van der Waals surface area contributed by atoms with Gasteiger partial charge in [-0.15, -0.1) is 0 Å². The highest BCUT2D eigenvalue weighted by Crippen LogP contribution is 2.17. The van der Waals surface area contributed by atoms with Gasteiger partial charge in [0.15, 0.2) is 21.4 Å².